The van der Waals surface area contributed by atoms with E-state index in [9.17, 15) is 4.79 Å². The Morgan fingerprint density at radius 3 is 2.56 bits per heavy atom. The Balaban J connectivity index is 1.33. The lowest BCUT2D eigenvalue weighted by molar-refractivity contribution is 0.102. The molecule has 2 aromatic carbocycles. The predicted octanol–water partition coefficient (Wildman–Crippen LogP) is 6.42. The van der Waals surface area contributed by atoms with Gasteiger partial charge >= 0.3 is 0 Å². The number of carbonyl (C=O) groups excluding carboxylic acids is 1. The second kappa shape index (κ2) is 10.0. The van der Waals surface area contributed by atoms with E-state index in [1.165, 1.54) is 0 Å². The van der Waals surface area contributed by atoms with Crippen LogP contribution in [0, 0.1) is 0 Å². The number of piperazine rings is 1. The number of nitrogens with one attached hydrogen (secondary N) is 2. The summed E-state index contributed by atoms with van der Waals surface area (Å²) in [5.74, 6) is 0.948. The molecule has 9 heteroatoms. The number of aromatic amines is 1. The Bertz CT molecular complexity index is 1370. The molecule has 1 aliphatic heterocycles. The lowest BCUT2D eigenvalue weighted by atomic mass is 10.1. The van der Waals surface area contributed by atoms with E-state index in [4.69, 9.17) is 27.6 Å². The minimum Gasteiger partial charge on any atom is -0.463 e. The average molecular weight is 524 g/mol. The van der Waals surface area contributed by atoms with Gasteiger partial charge in [-0.15, -0.1) is 0 Å². The van der Waals surface area contributed by atoms with Crippen molar-refractivity contribution in [2.75, 3.05) is 30.4 Å². The third-order valence-corrected chi connectivity index (χ3v) is 7.41. The summed E-state index contributed by atoms with van der Waals surface area (Å²) in [5, 5.41) is 3.84. The van der Waals surface area contributed by atoms with Gasteiger partial charge in [-0.05, 0) is 69.4 Å². The molecule has 36 heavy (non-hydrogen) atoms. The van der Waals surface area contributed by atoms with Crippen LogP contribution in [0.5, 0.6) is 0 Å². The van der Waals surface area contributed by atoms with Gasteiger partial charge in [-0.25, -0.2) is 4.98 Å². The first-order valence-corrected chi connectivity index (χ1v) is 12.5. The van der Waals surface area contributed by atoms with Crippen LogP contribution in [0.2, 0.25) is 10.0 Å². The lowest BCUT2D eigenvalue weighted by Gasteiger charge is -2.43. The van der Waals surface area contributed by atoms with Crippen molar-refractivity contribution in [1.82, 2.24) is 14.9 Å². The molecule has 2 N–H and O–H groups in total. The van der Waals surface area contributed by atoms with Crippen LogP contribution in [0.4, 0.5) is 11.4 Å². The number of hydrogen-bond donors (Lipinski definition) is 2. The van der Waals surface area contributed by atoms with Gasteiger partial charge in [0.25, 0.3) is 5.91 Å². The van der Waals surface area contributed by atoms with E-state index >= 15 is 0 Å². The summed E-state index contributed by atoms with van der Waals surface area (Å²) in [5.41, 5.74) is 3.40. The number of rotatable bonds is 5. The number of likely N-dealkylation sites (N-methyl/N-ethyl adjacent to an activating group) is 1. The highest BCUT2D eigenvalue weighted by Gasteiger charge is 2.27. The van der Waals surface area contributed by atoms with Crippen molar-refractivity contribution in [3.63, 3.8) is 0 Å². The molecule has 0 aliphatic carbocycles. The van der Waals surface area contributed by atoms with Crippen LogP contribution in [0.25, 0.3) is 22.8 Å². The molecule has 1 amide bonds. The Hall–Kier alpha value is -3.26. The molecule has 0 bridgehead atoms. The molecule has 5 rings (SSSR count). The molecular weight excluding hydrogens is 497 g/mol. The van der Waals surface area contributed by atoms with Crippen LogP contribution < -0.4 is 10.2 Å². The number of amides is 1. The molecule has 0 unspecified atom stereocenters. The summed E-state index contributed by atoms with van der Waals surface area (Å²) in [4.78, 5) is 25.4. The number of benzene rings is 2. The molecule has 2 aromatic heterocycles. The highest BCUT2D eigenvalue weighted by molar-refractivity contribution is 6.35. The smallest absolute Gasteiger partial charge is 0.257 e. The van der Waals surface area contributed by atoms with Crippen molar-refractivity contribution >= 4 is 40.5 Å². The fraction of sp³-hybridized carbons (Fsp3) is 0.259. The van der Waals surface area contributed by atoms with Crippen molar-refractivity contribution in [2.45, 2.75) is 25.9 Å². The Labute approximate surface area is 220 Å². The average Bonchev–Trinajstić information content (AvgIpc) is 3.55. The van der Waals surface area contributed by atoms with Gasteiger partial charge in [0.2, 0.25) is 0 Å². The number of halogens is 2. The van der Waals surface area contributed by atoms with Gasteiger partial charge in [-0.1, -0.05) is 23.2 Å². The van der Waals surface area contributed by atoms with E-state index in [2.05, 4.69) is 46.0 Å². The van der Waals surface area contributed by atoms with E-state index in [1.807, 2.05) is 24.3 Å². The first-order valence-electron chi connectivity index (χ1n) is 11.8. The summed E-state index contributed by atoms with van der Waals surface area (Å²) >= 11 is 13.0. The van der Waals surface area contributed by atoms with Gasteiger partial charge in [0.15, 0.2) is 5.76 Å². The van der Waals surface area contributed by atoms with Gasteiger partial charge in [-0.3, -0.25) is 9.69 Å². The van der Waals surface area contributed by atoms with Crippen LogP contribution >= 0.6 is 23.2 Å². The van der Waals surface area contributed by atoms with E-state index in [-0.39, 0.29) is 5.91 Å². The summed E-state index contributed by atoms with van der Waals surface area (Å²) in [7, 11) is 2.15. The van der Waals surface area contributed by atoms with Gasteiger partial charge in [0.1, 0.15) is 11.5 Å². The number of H-pyrrole nitrogens is 1. The van der Waals surface area contributed by atoms with Crippen molar-refractivity contribution in [2.24, 2.45) is 0 Å². The second-order valence-corrected chi connectivity index (χ2v) is 10.0. The SMILES string of the molecule is C[C@@H]1CN(c2ccc(C(=O)Nc3ccc(Cl)c(-c4ncc(-c5ccco5)[nH]4)c3)c(Cl)c2)C[C@H](C)N1C. The zero-order valence-corrected chi connectivity index (χ0v) is 21.8. The Morgan fingerprint density at radius 2 is 1.86 bits per heavy atom. The molecular formula is C27H27Cl2N5O2. The van der Waals surface area contributed by atoms with Crippen LogP contribution in [-0.4, -0.2) is 53.0 Å². The molecule has 3 heterocycles. The van der Waals surface area contributed by atoms with E-state index in [0.717, 1.165) is 24.5 Å². The first-order chi connectivity index (χ1) is 17.3. The zero-order chi connectivity index (χ0) is 25.4. The highest BCUT2D eigenvalue weighted by Crippen LogP contribution is 2.32. The van der Waals surface area contributed by atoms with Crippen molar-refractivity contribution in [1.29, 1.82) is 0 Å². The molecule has 4 aromatic rings. The van der Waals surface area contributed by atoms with Crippen LogP contribution in [0.3, 0.4) is 0 Å². The van der Waals surface area contributed by atoms with E-state index in [0.29, 0.717) is 50.5 Å². The normalized spacial score (nSPS) is 18.4. The van der Waals surface area contributed by atoms with Crippen molar-refractivity contribution in [3.05, 3.63) is 76.6 Å². The monoisotopic (exact) mass is 523 g/mol. The summed E-state index contributed by atoms with van der Waals surface area (Å²) in [6, 6.07) is 15.4. The topological polar surface area (TPSA) is 77.4 Å². The quantitative estimate of drug-likeness (QED) is 0.315. The van der Waals surface area contributed by atoms with Crippen LogP contribution in [0.15, 0.2) is 65.4 Å². The summed E-state index contributed by atoms with van der Waals surface area (Å²) in [6.07, 6.45) is 3.28. The molecule has 2 atom stereocenters. The number of aromatic nitrogens is 2. The third kappa shape index (κ3) is 4.87. The Morgan fingerprint density at radius 1 is 1.08 bits per heavy atom. The predicted molar refractivity (Wildman–Crippen MR) is 145 cm³/mol. The highest BCUT2D eigenvalue weighted by atomic mass is 35.5. The molecule has 0 spiro atoms. The van der Waals surface area contributed by atoms with Gasteiger partial charge < -0.3 is 19.6 Å². The van der Waals surface area contributed by atoms with Gasteiger partial charge in [0.05, 0.1) is 28.1 Å². The number of carbonyl (C=O) groups is 1. The summed E-state index contributed by atoms with van der Waals surface area (Å²) in [6.45, 7) is 6.25. The van der Waals surface area contributed by atoms with Crippen molar-refractivity contribution < 1.29 is 9.21 Å². The number of imidazole rings is 1. The molecule has 1 saturated heterocycles. The maximum Gasteiger partial charge on any atom is 0.257 e. The fourth-order valence-corrected chi connectivity index (χ4v) is 4.97. The van der Waals surface area contributed by atoms with E-state index in [1.54, 1.807) is 36.7 Å². The number of furan rings is 1. The molecule has 186 valence electrons. The van der Waals surface area contributed by atoms with Crippen LogP contribution in [-0.2, 0) is 0 Å². The van der Waals surface area contributed by atoms with E-state index < -0.39 is 0 Å². The largest absolute Gasteiger partial charge is 0.463 e. The third-order valence-electron chi connectivity index (χ3n) is 6.76. The Kier molecular flexibility index (Phi) is 6.79. The molecule has 0 saturated carbocycles. The number of hydrogen-bond acceptors (Lipinski definition) is 5. The summed E-state index contributed by atoms with van der Waals surface area (Å²) < 4.78 is 5.42. The lowest BCUT2D eigenvalue weighted by Crippen LogP contribution is -2.55. The second-order valence-electron chi connectivity index (χ2n) is 9.20. The molecule has 7 nitrogen and oxygen atoms in total. The number of anilines is 2. The maximum atomic E-state index is 13.1. The number of nitrogens with zero attached hydrogens (tertiary/aromatic N) is 3. The molecule has 1 aliphatic rings. The molecule has 0 radical (unpaired) electrons. The maximum absolute atomic E-state index is 13.1. The van der Waals surface area contributed by atoms with Gasteiger partial charge in [-0.2, -0.15) is 0 Å². The van der Waals surface area contributed by atoms with Crippen LogP contribution in [0.1, 0.15) is 24.2 Å². The fourth-order valence-electron chi connectivity index (χ4n) is 4.50. The minimum absolute atomic E-state index is 0.296. The zero-order valence-electron chi connectivity index (χ0n) is 20.3. The molecule has 1 fully saturated rings. The van der Waals surface area contributed by atoms with Crippen molar-refractivity contribution in [3.8, 4) is 22.8 Å². The van der Waals surface area contributed by atoms with Gasteiger partial charge in [0, 0.05) is 42.1 Å². The minimum atomic E-state index is -0.296. The first kappa shape index (κ1) is 24.4. The standard InChI is InChI=1S/C27H27Cl2N5O2/c1-16-14-34(15-17(2)33(16)3)19-7-8-20(23(29)12-19)27(35)31-18-6-9-22(28)21(11-18)26-30-13-24(32-26)25-5-4-10-36-25/h4-13,16-17H,14-15H2,1-3H3,(H,30,32)(H,31,35)/t16-,17+.